The van der Waals surface area contributed by atoms with Crippen LogP contribution in [0.4, 0.5) is 0 Å². The van der Waals surface area contributed by atoms with Gasteiger partial charge in [0.05, 0.1) is 17.1 Å². The molecular formula is C20H29N3O. The van der Waals surface area contributed by atoms with E-state index < -0.39 is 0 Å². The number of aliphatic hydroxyl groups excluding tert-OH is 1. The largest absolute Gasteiger partial charge is 0.392 e. The Morgan fingerprint density at radius 3 is 2.79 bits per heavy atom. The quantitative estimate of drug-likeness (QED) is 0.791. The molecule has 0 amide bonds. The molecule has 24 heavy (non-hydrogen) atoms. The van der Waals surface area contributed by atoms with E-state index >= 15 is 0 Å². The van der Waals surface area contributed by atoms with Crippen molar-refractivity contribution in [2.24, 2.45) is 0 Å². The molecule has 1 atom stereocenters. The van der Waals surface area contributed by atoms with Crippen LogP contribution in [-0.2, 0) is 6.42 Å². The second-order valence-corrected chi connectivity index (χ2v) is 6.79. The number of allylic oxidation sites excluding steroid dienone is 1. The number of hydrogen-bond acceptors (Lipinski definition) is 3. The van der Waals surface area contributed by atoms with Crippen LogP contribution in [0.2, 0.25) is 0 Å². The molecule has 2 aromatic rings. The molecule has 4 nitrogen and oxygen atoms in total. The Morgan fingerprint density at radius 1 is 1.33 bits per heavy atom. The van der Waals surface area contributed by atoms with Crippen LogP contribution in [0, 0.1) is 0 Å². The molecule has 0 radical (unpaired) electrons. The standard InChI is InChI=1S/C20H29N3O/c1-3-5-8-17(24)15-22-13-11-16(12-14-22)23-19-10-7-6-9-18(19)21-20(23)4-2/h3,6-7,9-10,16-17,24H,1,4-5,8,11-15H2,2H3. The van der Waals surface area contributed by atoms with Crippen molar-refractivity contribution in [3.05, 3.63) is 42.7 Å². The zero-order valence-corrected chi connectivity index (χ0v) is 14.7. The van der Waals surface area contributed by atoms with Gasteiger partial charge in [0.2, 0.25) is 0 Å². The number of β-amino-alcohol motifs (C(OH)–C–C–N with tert-alkyl or cyclic N) is 1. The van der Waals surface area contributed by atoms with Gasteiger partial charge in [0, 0.05) is 32.1 Å². The van der Waals surface area contributed by atoms with E-state index in [1.165, 1.54) is 11.3 Å². The number of hydrogen-bond donors (Lipinski definition) is 1. The molecule has 0 bridgehead atoms. The zero-order valence-electron chi connectivity index (χ0n) is 14.7. The molecule has 3 rings (SSSR count). The summed E-state index contributed by atoms with van der Waals surface area (Å²) >= 11 is 0. The highest BCUT2D eigenvalue weighted by Gasteiger charge is 2.24. The number of imidazole rings is 1. The second kappa shape index (κ2) is 7.95. The lowest BCUT2D eigenvalue weighted by Crippen LogP contribution is -2.39. The minimum absolute atomic E-state index is 0.236. The molecule has 1 aromatic carbocycles. The van der Waals surface area contributed by atoms with E-state index in [1.807, 2.05) is 6.08 Å². The maximum atomic E-state index is 10.1. The summed E-state index contributed by atoms with van der Waals surface area (Å²) in [5.41, 5.74) is 2.37. The smallest absolute Gasteiger partial charge is 0.109 e. The number of para-hydroxylation sites is 2. The van der Waals surface area contributed by atoms with Crippen LogP contribution < -0.4 is 0 Å². The molecule has 1 aromatic heterocycles. The van der Waals surface area contributed by atoms with Crippen LogP contribution in [0.5, 0.6) is 0 Å². The van der Waals surface area contributed by atoms with Gasteiger partial charge in [-0.2, -0.15) is 0 Å². The van der Waals surface area contributed by atoms with Crippen molar-refractivity contribution in [2.75, 3.05) is 19.6 Å². The summed E-state index contributed by atoms with van der Waals surface area (Å²) in [5, 5.41) is 10.1. The van der Waals surface area contributed by atoms with Crippen molar-refractivity contribution < 1.29 is 5.11 Å². The molecule has 1 saturated heterocycles. The highest BCUT2D eigenvalue weighted by molar-refractivity contribution is 5.76. The van der Waals surface area contributed by atoms with E-state index in [0.29, 0.717) is 6.04 Å². The number of fused-ring (bicyclic) bond motifs is 1. The summed E-state index contributed by atoms with van der Waals surface area (Å²) in [6, 6.07) is 8.98. The van der Waals surface area contributed by atoms with Gasteiger partial charge in [0.15, 0.2) is 0 Å². The fraction of sp³-hybridized carbons (Fsp3) is 0.550. The minimum Gasteiger partial charge on any atom is -0.392 e. The van der Waals surface area contributed by atoms with E-state index in [2.05, 4.69) is 47.2 Å². The van der Waals surface area contributed by atoms with Crippen LogP contribution in [0.25, 0.3) is 11.0 Å². The summed E-state index contributed by atoms with van der Waals surface area (Å²) < 4.78 is 2.46. The summed E-state index contributed by atoms with van der Waals surface area (Å²) in [6.45, 7) is 8.79. The van der Waals surface area contributed by atoms with Crippen LogP contribution in [0.1, 0.15) is 44.5 Å². The van der Waals surface area contributed by atoms with Crippen LogP contribution in [0.3, 0.4) is 0 Å². The van der Waals surface area contributed by atoms with Gasteiger partial charge in [-0.3, -0.25) is 0 Å². The Bertz CT molecular complexity index is 671. The first-order valence-corrected chi connectivity index (χ1v) is 9.20. The molecule has 1 N–H and O–H groups in total. The SMILES string of the molecule is C=CCCC(O)CN1CCC(n2c(CC)nc3ccccc32)CC1. The first-order chi connectivity index (χ1) is 11.7. The minimum atomic E-state index is -0.236. The Morgan fingerprint density at radius 2 is 2.08 bits per heavy atom. The fourth-order valence-electron chi connectivity index (χ4n) is 3.81. The van der Waals surface area contributed by atoms with Gasteiger partial charge in [-0.25, -0.2) is 4.98 Å². The summed E-state index contributed by atoms with van der Waals surface area (Å²) in [7, 11) is 0. The van der Waals surface area contributed by atoms with Crippen LogP contribution >= 0.6 is 0 Å². The first-order valence-electron chi connectivity index (χ1n) is 9.20. The third-order valence-electron chi connectivity index (χ3n) is 5.08. The third kappa shape index (κ3) is 3.70. The summed E-state index contributed by atoms with van der Waals surface area (Å²) in [4.78, 5) is 7.21. The molecule has 0 spiro atoms. The summed E-state index contributed by atoms with van der Waals surface area (Å²) in [6.07, 6.45) is 6.57. The number of nitrogens with zero attached hydrogens (tertiary/aromatic N) is 3. The predicted octanol–water partition coefficient (Wildman–Crippen LogP) is 3.56. The van der Waals surface area contributed by atoms with E-state index in [1.54, 1.807) is 0 Å². The number of aromatic nitrogens is 2. The van der Waals surface area contributed by atoms with E-state index in [9.17, 15) is 5.11 Å². The van der Waals surface area contributed by atoms with E-state index in [0.717, 1.165) is 57.3 Å². The van der Waals surface area contributed by atoms with Crippen LogP contribution in [0.15, 0.2) is 36.9 Å². The lowest BCUT2D eigenvalue weighted by Gasteiger charge is -2.34. The first kappa shape index (κ1) is 17.2. The number of piperidine rings is 1. The average molecular weight is 327 g/mol. The number of aliphatic hydroxyl groups is 1. The lowest BCUT2D eigenvalue weighted by molar-refractivity contribution is 0.0858. The van der Waals surface area contributed by atoms with Crippen molar-refractivity contribution in [3.8, 4) is 0 Å². The molecular weight excluding hydrogens is 298 g/mol. The fourth-order valence-corrected chi connectivity index (χ4v) is 3.81. The molecule has 4 heteroatoms. The van der Waals surface area contributed by atoms with Gasteiger partial charge in [-0.1, -0.05) is 25.1 Å². The maximum absolute atomic E-state index is 10.1. The van der Waals surface area contributed by atoms with Gasteiger partial charge < -0.3 is 14.6 Å². The Balaban J connectivity index is 1.66. The zero-order chi connectivity index (χ0) is 16.9. The average Bonchev–Trinajstić information content (AvgIpc) is 2.99. The number of rotatable bonds is 7. The normalized spacial score (nSPS) is 18.1. The second-order valence-electron chi connectivity index (χ2n) is 6.79. The predicted molar refractivity (Wildman–Crippen MR) is 99.3 cm³/mol. The van der Waals surface area contributed by atoms with Gasteiger partial charge in [-0.05, 0) is 37.8 Å². The van der Waals surface area contributed by atoms with Gasteiger partial charge in [-0.15, -0.1) is 6.58 Å². The molecule has 2 heterocycles. The third-order valence-corrected chi connectivity index (χ3v) is 5.08. The molecule has 1 fully saturated rings. The Labute approximate surface area is 144 Å². The molecule has 130 valence electrons. The number of likely N-dealkylation sites (tertiary alicyclic amines) is 1. The maximum Gasteiger partial charge on any atom is 0.109 e. The molecule has 1 unspecified atom stereocenters. The molecule has 0 saturated carbocycles. The molecule has 0 aliphatic carbocycles. The monoisotopic (exact) mass is 327 g/mol. The van der Waals surface area contributed by atoms with Crippen molar-refractivity contribution >= 4 is 11.0 Å². The van der Waals surface area contributed by atoms with Crippen molar-refractivity contribution in [1.29, 1.82) is 0 Å². The number of aryl methyl sites for hydroxylation is 1. The van der Waals surface area contributed by atoms with Crippen molar-refractivity contribution in [2.45, 2.75) is 51.2 Å². The highest BCUT2D eigenvalue weighted by Crippen LogP contribution is 2.29. The Kier molecular flexibility index (Phi) is 5.69. The molecule has 1 aliphatic rings. The van der Waals surface area contributed by atoms with E-state index in [-0.39, 0.29) is 6.10 Å². The van der Waals surface area contributed by atoms with Gasteiger partial charge >= 0.3 is 0 Å². The van der Waals surface area contributed by atoms with E-state index in [4.69, 9.17) is 4.98 Å². The van der Waals surface area contributed by atoms with Crippen LogP contribution in [-0.4, -0.2) is 45.3 Å². The molecule has 1 aliphatic heterocycles. The highest BCUT2D eigenvalue weighted by atomic mass is 16.3. The number of benzene rings is 1. The topological polar surface area (TPSA) is 41.3 Å². The van der Waals surface area contributed by atoms with Gasteiger partial charge in [0.25, 0.3) is 0 Å². The summed E-state index contributed by atoms with van der Waals surface area (Å²) in [5.74, 6) is 1.20. The van der Waals surface area contributed by atoms with Gasteiger partial charge in [0.1, 0.15) is 5.82 Å². The van der Waals surface area contributed by atoms with Crippen molar-refractivity contribution in [1.82, 2.24) is 14.5 Å². The van der Waals surface area contributed by atoms with Crippen molar-refractivity contribution in [3.63, 3.8) is 0 Å². The Hall–Kier alpha value is -1.65. The lowest BCUT2D eigenvalue weighted by atomic mass is 10.0.